The van der Waals surface area contributed by atoms with Crippen molar-refractivity contribution < 1.29 is 14.5 Å². The molecular formula is C24H13ClN2O4. The van der Waals surface area contributed by atoms with Gasteiger partial charge in [0.15, 0.2) is 5.70 Å². The summed E-state index contributed by atoms with van der Waals surface area (Å²) in [6, 6.07) is 21.8. The number of esters is 1. The third-order valence-corrected chi connectivity index (χ3v) is 5.42. The second kappa shape index (κ2) is 7.34. The van der Waals surface area contributed by atoms with Gasteiger partial charge in [0.2, 0.25) is 5.90 Å². The lowest BCUT2D eigenvalue weighted by atomic mass is 9.96. The zero-order valence-electron chi connectivity index (χ0n) is 15.9. The van der Waals surface area contributed by atoms with E-state index < -0.39 is 10.9 Å². The number of cyclic esters (lactones) is 1. The molecule has 0 aliphatic carbocycles. The molecule has 7 heteroatoms. The maximum atomic E-state index is 12.6. The highest BCUT2D eigenvalue weighted by Crippen LogP contribution is 2.32. The normalized spacial score (nSPS) is 14.8. The molecule has 0 aromatic heterocycles. The summed E-state index contributed by atoms with van der Waals surface area (Å²) in [5.41, 5.74) is 1.15. The van der Waals surface area contributed by atoms with Crippen molar-refractivity contribution in [3.63, 3.8) is 0 Å². The number of fused-ring (bicyclic) bond motifs is 2. The predicted molar refractivity (Wildman–Crippen MR) is 120 cm³/mol. The fourth-order valence-electron chi connectivity index (χ4n) is 3.66. The summed E-state index contributed by atoms with van der Waals surface area (Å²) in [4.78, 5) is 27.3. The van der Waals surface area contributed by atoms with E-state index in [9.17, 15) is 14.9 Å². The lowest BCUT2D eigenvalue weighted by molar-refractivity contribution is -0.384. The molecule has 0 atom stereocenters. The number of carbonyl (C=O) groups is 1. The van der Waals surface area contributed by atoms with Gasteiger partial charge in [0, 0.05) is 12.1 Å². The van der Waals surface area contributed by atoms with Gasteiger partial charge in [0.05, 0.1) is 15.5 Å². The highest BCUT2D eigenvalue weighted by atomic mass is 35.5. The molecule has 0 unspecified atom stereocenters. The number of aliphatic imine (C=N–C) groups is 1. The Balaban J connectivity index is 1.66. The van der Waals surface area contributed by atoms with Gasteiger partial charge in [-0.3, -0.25) is 10.1 Å². The highest BCUT2D eigenvalue weighted by molar-refractivity contribution is 6.34. The van der Waals surface area contributed by atoms with Gasteiger partial charge < -0.3 is 4.74 Å². The standard InChI is InChI=1S/C24H13ClN2O4/c25-21-12-16(27(29)30)9-10-19(21)23-26-22(24(28)31-23)13-20-17-7-3-1-5-14(17)11-15-6-2-4-8-18(15)20/h1-13H/b22-13-. The minimum atomic E-state index is -0.610. The SMILES string of the molecule is O=C1OC(c2ccc([N+](=O)[O-])cc2Cl)=N/C1=C\c1c2ccccc2cc2ccccc12. The van der Waals surface area contributed by atoms with Gasteiger partial charge in [-0.15, -0.1) is 0 Å². The first-order chi connectivity index (χ1) is 15.0. The lowest BCUT2D eigenvalue weighted by Crippen LogP contribution is -2.06. The van der Waals surface area contributed by atoms with Gasteiger partial charge in [-0.25, -0.2) is 9.79 Å². The van der Waals surface area contributed by atoms with Crippen molar-refractivity contribution in [2.45, 2.75) is 0 Å². The van der Waals surface area contributed by atoms with Gasteiger partial charge in [-0.05, 0) is 45.3 Å². The molecule has 0 spiro atoms. The molecule has 4 aromatic rings. The van der Waals surface area contributed by atoms with Crippen molar-refractivity contribution in [1.29, 1.82) is 0 Å². The van der Waals surface area contributed by atoms with E-state index in [1.54, 1.807) is 6.08 Å². The molecule has 1 aliphatic rings. The molecule has 1 heterocycles. The van der Waals surface area contributed by atoms with Crippen molar-refractivity contribution in [1.82, 2.24) is 0 Å². The van der Waals surface area contributed by atoms with Crippen molar-refractivity contribution in [3.05, 3.63) is 105 Å². The number of rotatable bonds is 3. The summed E-state index contributed by atoms with van der Waals surface area (Å²) < 4.78 is 5.33. The van der Waals surface area contributed by atoms with Crippen molar-refractivity contribution >= 4 is 56.8 Å². The Labute approximate surface area is 181 Å². The van der Waals surface area contributed by atoms with Crippen LogP contribution in [0.3, 0.4) is 0 Å². The van der Waals surface area contributed by atoms with Crippen molar-refractivity contribution in [2.24, 2.45) is 4.99 Å². The Kier molecular flexibility index (Phi) is 4.49. The monoisotopic (exact) mass is 428 g/mol. The maximum absolute atomic E-state index is 12.6. The first kappa shape index (κ1) is 19.0. The first-order valence-corrected chi connectivity index (χ1v) is 9.76. The average molecular weight is 429 g/mol. The number of non-ortho nitro benzene ring substituents is 1. The second-order valence-corrected chi connectivity index (χ2v) is 7.40. The van der Waals surface area contributed by atoms with Crippen LogP contribution >= 0.6 is 11.6 Å². The van der Waals surface area contributed by atoms with Crippen molar-refractivity contribution in [2.75, 3.05) is 0 Å². The largest absolute Gasteiger partial charge is 0.402 e. The van der Waals surface area contributed by atoms with E-state index in [0.717, 1.165) is 27.1 Å². The van der Waals surface area contributed by atoms with Crippen LogP contribution in [0, 0.1) is 10.1 Å². The maximum Gasteiger partial charge on any atom is 0.363 e. The number of nitro benzene ring substituents is 1. The second-order valence-electron chi connectivity index (χ2n) is 6.99. The van der Waals surface area contributed by atoms with Gasteiger partial charge in [0.1, 0.15) is 0 Å². The van der Waals surface area contributed by atoms with Crippen LogP contribution in [0.1, 0.15) is 11.1 Å². The molecule has 0 radical (unpaired) electrons. The van der Waals surface area contributed by atoms with Crippen LogP contribution in [0.25, 0.3) is 27.6 Å². The molecule has 0 N–H and O–H groups in total. The lowest BCUT2D eigenvalue weighted by Gasteiger charge is -2.08. The minimum absolute atomic E-state index is 0.0145. The Bertz CT molecular complexity index is 1420. The third-order valence-electron chi connectivity index (χ3n) is 5.11. The first-order valence-electron chi connectivity index (χ1n) is 9.38. The van der Waals surface area contributed by atoms with E-state index >= 15 is 0 Å². The summed E-state index contributed by atoms with van der Waals surface area (Å²) in [6.45, 7) is 0. The average Bonchev–Trinajstić information content (AvgIpc) is 3.13. The predicted octanol–water partition coefficient (Wildman–Crippen LogP) is 5.90. The van der Waals surface area contributed by atoms with Crippen molar-refractivity contribution in [3.8, 4) is 0 Å². The molecule has 150 valence electrons. The van der Waals surface area contributed by atoms with E-state index in [2.05, 4.69) is 11.1 Å². The molecule has 0 saturated heterocycles. The number of carbonyl (C=O) groups excluding carboxylic acids is 1. The third kappa shape index (κ3) is 3.33. The van der Waals surface area contributed by atoms with Crippen LogP contribution in [-0.4, -0.2) is 16.8 Å². The minimum Gasteiger partial charge on any atom is -0.402 e. The number of halogens is 1. The Morgan fingerprint density at radius 2 is 1.58 bits per heavy atom. The summed E-state index contributed by atoms with van der Waals surface area (Å²) in [7, 11) is 0. The van der Waals surface area contributed by atoms with E-state index in [1.807, 2.05) is 48.5 Å². The number of nitro groups is 1. The van der Waals surface area contributed by atoms with Crippen LogP contribution in [0.15, 0.2) is 83.5 Å². The van der Waals surface area contributed by atoms with Gasteiger partial charge in [0.25, 0.3) is 5.69 Å². The van der Waals surface area contributed by atoms with E-state index in [0.29, 0.717) is 5.56 Å². The van der Waals surface area contributed by atoms with Gasteiger partial charge in [-0.2, -0.15) is 0 Å². The summed E-state index contributed by atoms with van der Waals surface area (Å²) in [5.74, 6) is -0.595. The zero-order valence-corrected chi connectivity index (χ0v) is 16.7. The zero-order chi connectivity index (χ0) is 21.5. The van der Waals surface area contributed by atoms with Crippen LogP contribution in [0.5, 0.6) is 0 Å². The van der Waals surface area contributed by atoms with E-state index in [4.69, 9.17) is 16.3 Å². The van der Waals surface area contributed by atoms with E-state index in [1.165, 1.54) is 18.2 Å². The topological polar surface area (TPSA) is 81.8 Å². The molecule has 0 amide bonds. The molecule has 1 aliphatic heterocycles. The molecule has 0 fully saturated rings. The molecule has 5 rings (SSSR count). The van der Waals surface area contributed by atoms with Crippen LogP contribution in [-0.2, 0) is 9.53 Å². The fourth-order valence-corrected chi connectivity index (χ4v) is 3.91. The Hall–Kier alpha value is -4.03. The number of nitrogens with zero attached hydrogens (tertiary/aromatic N) is 2. The van der Waals surface area contributed by atoms with Crippen LogP contribution in [0.2, 0.25) is 5.02 Å². The van der Waals surface area contributed by atoms with E-state index in [-0.39, 0.29) is 22.3 Å². The molecular weight excluding hydrogens is 416 g/mol. The number of hydrogen-bond acceptors (Lipinski definition) is 5. The van der Waals surface area contributed by atoms with Crippen LogP contribution in [0.4, 0.5) is 5.69 Å². The number of benzene rings is 4. The number of hydrogen-bond donors (Lipinski definition) is 0. The molecule has 6 nitrogen and oxygen atoms in total. The summed E-state index contributed by atoms with van der Waals surface area (Å²) in [6.07, 6.45) is 1.71. The molecule has 0 bridgehead atoms. The molecule has 4 aromatic carbocycles. The highest BCUT2D eigenvalue weighted by Gasteiger charge is 2.27. The fraction of sp³-hybridized carbons (Fsp3) is 0. The van der Waals surface area contributed by atoms with Crippen LogP contribution < -0.4 is 0 Å². The quantitative estimate of drug-likeness (QED) is 0.134. The Morgan fingerprint density at radius 1 is 0.935 bits per heavy atom. The Morgan fingerprint density at radius 3 is 2.19 bits per heavy atom. The number of ether oxygens (including phenoxy) is 1. The molecule has 0 saturated carbocycles. The smallest absolute Gasteiger partial charge is 0.363 e. The summed E-state index contributed by atoms with van der Waals surface area (Å²) >= 11 is 6.17. The summed E-state index contributed by atoms with van der Waals surface area (Å²) in [5, 5.41) is 15.1. The van der Waals surface area contributed by atoms with Gasteiger partial charge >= 0.3 is 5.97 Å². The molecule has 31 heavy (non-hydrogen) atoms. The van der Waals surface area contributed by atoms with Gasteiger partial charge in [-0.1, -0.05) is 60.1 Å².